The zero-order valence-corrected chi connectivity index (χ0v) is 12.2. The molecule has 0 heterocycles. The molecule has 18 heavy (non-hydrogen) atoms. The number of halogens is 3. The lowest BCUT2D eigenvalue weighted by atomic mass is 10.1. The first kappa shape index (κ1) is 15.1. The predicted octanol–water partition coefficient (Wildman–Crippen LogP) is 3.99. The molecule has 5 heteroatoms. The van der Waals surface area contributed by atoms with Gasteiger partial charge in [-0.05, 0) is 32.4 Å². The van der Waals surface area contributed by atoms with E-state index in [-0.39, 0.29) is 10.5 Å². The number of hydrogen-bond acceptors (Lipinski definition) is 1. The summed E-state index contributed by atoms with van der Waals surface area (Å²) in [5, 5.41) is 0. The molecule has 0 bridgehead atoms. The molecule has 0 spiro atoms. The second kappa shape index (κ2) is 6.27. The highest BCUT2D eigenvalue weighted by Crippen LogP contribution is 2.22. The molecule has 1 aromatic rings. The molecule has 0 aliphatic heterocycles. The van der Waals surface area contributed by atoms with Crippen LogP contribution in [0.25, 0.3) is 0 Å². The Morgan fingerprint density at radius 3 is 2.22 bits per heavy atom. The van der Waals surface area contributed by atoms with Crippen molar-refractivity contribution in [1.29, 1.82) is 0 Å². The van der Waals surface area contributed by atoms with Crippen LogP contribution in [-0.4, -0.2) is 23.4 Å². The number of amides is 1. The Kier molecular flexibility index (Phi) is 5.26. The van der Waals surface area contributed by atoms with E-state index in [1.54, 1.807) is 6.92 Å². The minimum Gasteiger partial charge on any atom is -0.336 e. The van der Waals surface area contributed by atoms with Gasteiger partial charge in [-0.3, -0.25) is 4.79 Å². The summed E-state index contributed by atoms with van der Waals surface area (Å²) in [6.45, 7) is 5.99. The molecule has 0 saturated heterocycles. The summed E-state index contributed by atoms with van der Waals surface area (Å²) in [6, 6.07) is 2.14. The molecular weight excluding hydrogens is 304 g/mol. The minimum atomic E-state index is -0.839. The third-order valence-electron chi connectivity index (χ3n) is 2.95. The molecule has 1 amide bonds. The molecule has 0 fully saturated rings. The molecule has 0 aromatic heterocycles. The van der Waals surface area contributed by atoms with Gasteiger partial charge in [-0.25, -0.2) is 8.78 Å². The smallest absolute Gasteiger partial charge is 0.260 e. The van der Waals surface area contributed by atoms with Crippen molar-refractivity contribution < 1.29 is 13.6 Å². The maximum atomic E-state index is 13.7. The molecule has 0 aliphatic rings. The summed E-state index contributed by atoms with van der Waals surface area (Å²) < 4.78 is 27.7. The summed E-state index contributed by atoms with van der Waals surface area (Å²) in [5.74, 6) is -2.28. The summed E-state index contributed by atoms with van der Waals surface area (Å²) in [4.78, 5) is 13.6. The summed E-state index contributed by atoms with van der Waals surface area (Å²) in [7, 11) is 0. The van der Waals surface area contributed by atoms with Crippen molar-refractivity contribution in [3.63, 3.8) is 0 Å². The number of hydrogen-bond donors (Lipinski definition) is 0. The van der Waals surface area contributed by atoms with Crippen LogP contribution in [-0.2, 0) is 0 Å². The van der Waals surface area contributed by atoms with E-state index in [1.165, 1.54) is 4.90 Å². The molecule has 1 unspecified atom stereocenters. The van der Waals surface area contributed by atoms with Crippen LogP contribution in [0, 0.1) is 11.6 Å². The highest BCUT2D eigenvalue weighted by molar-refractivity contribution is 9.10. The first-order valence-corrected chi connectivity index (χ1v) is 6.67. The lowest BCUT2D eigenvalue weighted by Crippen LogP contribution is -2.39. The van der Waals surface area contributed by atoms with Crippen LogP contribution in [0.4, 0.5) is 8.78 Å². The van der Waals surface area contributed by atoms with Crippen LogP contribution >= 0.6 is 15.9 Å². The molecule has 1 rings (SSSR count). The van der Waals surface area contributed by atoms with Gasteiger partial charge in [0.05, 0.1) is 0 Å². The van der Waals surface area contributed by atoms with Gasteiger partial charge in [0.1, 0.15) is 17.2 Å². The maximum Gasteiger partial charge on any atom is 0.260 e. The number of nitrogens with zero attached hydrogens (tertiary/aromatic N) is 1. The van der Waals surface area contributed by atoms with Crippen LogP contribution in [0.2, 0.25) is 0 Å². The Hall–Kier alpha value is -0.970. The summed E-state index contributed by atoms with van der Waals surface area (Å²) in [5.41, 5.74) is -0.486. The lowest BCUT2D eigenvalue weighted by Gasteiger charge is -2.27. The van der Waals surface area contributed by atoms with Gasteiger partial charge in [0.25, 0.3) is 5.91 Å². The lowest BCUT2D eigenvalue weighted by molar-refractivity contribution is 0.0690. The third kappa shape index (κ3) is 3.07. The van der Waals surface area contributed by atoms with Crippen molar-refractivity contribution in [2.45, 2.75) is 33.2 Å². The highest BCUT2D eigenvalue weighted by Gasteiger charge is 2.25. The van der Waals surface area contributed by atoms with Gasteiger partial charge in [0, 0.05) is 17.1 Å². The number of carbonyl (C=O) groups excluding carboxylic acids is 1. The van der Waals surface area contributed by atoms with Crippen molar-refractivity contribution in [2.24, 2.45) is 0 Å². The zero-order valence-electron chi connectivity index (χ0n) is 10.6. The normalized spacial score (nSPS) is 12.3. The fourth-order valence-electron chi connectivity index (χ4n) is 1.77. The quantitative estimate of drug-likeness (QED) is 0.821. The van der Waals surface area contributed by atoms with Crippen LogP contribution in [0.3, 0.4) is 0 Å². The fourth-order valence-corrected chi connectivity index (χ4v) is 2.17. The van der Waals surface area contributed by atoms with Crippen LogP contribution in [0.5, 0.6) is 0 Å². The average Bonchev–Trinajstić information content (AvgIpc) is 2.28. The Balaban J connectivity index is 3.17. The fraction of sp³-hybridized carbons (Fsp3) is 0.462. The number of rotatable bonds is 4. The van der Waals surface area contributed by atoms with E-state index >= 15 is 0 Å². The van der Waals surface area contributed by atoms with Gasteiger partial charge in [0.15, 0.2) is 0 Å². The van der Waals surface area contributed by atoms with Gasteiger partial charge >= 0.3 is 0 Å². The molecule has 2 nitrogen and oxygen atoms in total. The largest absolute Gasteiger partial charge is 0.336 e. The zero-order chi connectivity index (χ0) is 13.9. The molecular formula is C13H16BrF2NO. The maximum absolute atomic E-state index is 13.7. The van der Waals surface area contributed by atoms with E-state index in [9.17, 15) is 13.6 Å². The van der Waals surface area contributed by atoms with Crippen LogP contribution in [0.15, 0.2) is 16.6 Å². The molecule has 0 saturated carbocycles. The summed E-state index contributed by atoms with van der Waals surface area (Å²) in [6.07, 6.45) is 0.735. The number of carbonyl (C=O) groups is 1. The van der Waals surface area contributed by atoms with Gasteiger partial charge in [-0.1, -0.05) is 22.9 Å². The van der Waals surface area contributed by atoms with Gasteiger partial charge in [-0.2, -0.15) is 0 Å². The van der Waals surface area contributed by atoms with Crippen molar-refractivity contribution in [1.82, 2.24) is 4.90 Å². The second-order valence-corrected chi connectivity index (χ2v) is 5.01. The van der Waals surface area contributed by atoms with E-state index in [1.807, 2.05) is 13.8 Å². The van der Waals surface area contributed by atoms with Crippen molar-refractivity contribution in [3.8, 4) is 0 Å². The monoisotopic (exact) mass is 319 g/mol. The first-order valence-electron chi connectivity index (χ1n) is 5.87. The van der Waals surface area contributed by atoms with E-state index < -0.39 is 23.1 Å². The van der Waals surface area contributed by atoms with E-state index in [0.29, 0.717) is 6.54 Å². The van der Waals surface area contributed by atoms with E-state index in [0.717, 1.165) is 18.6 Å². The Morgan fingerprint density at radius 2 is 1.83 bits per heavy atom. The molecule has 100 valence electrons. The molecule has 0 N–H and O–H groups in total. The van der Waals surface area contributed by atoms with Gasteiger partial charge in [0.2, 0.25) is 0 Å². The SMILES string of the molecule is CCC(C)N(CC)C(=O)c1c(F)cc(Br)cc1F. The highest BCUT2D eigenvalue weighted by atomic mass is 79.9. The van der Waals surface area contributed by atoms with Gasteiger partial charge < -0.3 is 4.90 Å². The van der Waals surface area contributed by atoms with Crippen molar-refractivity contribution >= 4 is 21.8 Å². The van der Waals surface area contributed by atoms with E-state index in [4.69, 9.17) is 0 Å². The molecule has 1 aromatic carbocycles. The Bertz CT molecular complexity index is 428. The third-order valence-corrected chi connectivity index (χ3v) is 3.40. The Labute approximate surface area is 114 Å². The van der Waals surface area contributed by atoms with Crippen molar-refractivity contribution in [3.05, 3.63) is 33.8 Å². The molecule has 0 aliphatic carbocycles. The topological polar surface area (TPSA) is 20.3 Å². The molecule has 0 radical (unpaired) electrons. The first-order chi connectivity index (χ1) is 8.42. The van der Waals surface area contributed by atoms with E-state index in [2.05, 4.69) is 15.9 Å². The summed E-state index contributed by atoms with van der Waals surface area (Å²) >= 11 is 2.99. The average molecular weight is 320 g/mol. The van der Waals surface area contributed by atoms with Crippen molar-refractivity contribution in [2.75, 3.05) is 6.54 Å². The molecule has 1 atom stereocenters. The second-order valence-electron chi connectivity index (χ2n) is 4.09. The number of benzene rings is 1. The Morgan fingerprint density at radius 1 is 1.33 bits per heavy atom. The standard InChI is InChI=1S/C13H16BrF2NO/c1-4-8(3)17(5-2)13(18)12-10(15)6-9(14)7-11(12)16/h6-8H,4-5H2,1-3H3. The predicted molar refractivity (Wildman–Crippen MR) is 70.5 cm³/mol. The van der Waals surface area contributed by atoms with Gasteiger partial charge in [-0.15, -0.1) is 0 Å². The van der Waals surface area contributed by atoms with Crippen LogP contribution in [0.1, 0.15) is 37.6 Å². The minimum absolute atomic E-state index is 0.0510. The van der Waals surface area contributed by atoms with Crippen LogP contribution < -0.4 is 0 Å².